The average Bonchev–Trinajstić information content (AvgIpc) is 2.61. The second kappa shape index (κ2) is 11.6. The van der Waals surface area contributed by atoms with Gasteiger partial charge in [-0.05, 0) is 23.8 Å². The number of unbranched alkanes of at least 4 members (excludes halogenated alkanes) is 1. The molecule has 2 aromatic rings. The zero-order valence-electron chi connectivity index (χ0n) is 14.3. The van der Waals surface area contributed by atoms with Crippen LogP contribution in [-0.2, 0) is 0 Å². The molecule has 1 unspecified atom stereocenters. The van der Waals surface area contributed by atoms with Gasteiger partial charge < -0.3 is 16.8 Å². The van der Waals surface area contributed by atoms with Crippen LogP contribution >= 0.6 is 0 Å². The van der Waals surface area contributed by atoms with E-state index in [-0.39, 0.29) is 24.5 Å². The Kier molecular flexibility index (Phi) is 10.7. The fourth-order valence-corrected chi connectivity index (χ4v) is 1.65. The molecule has 1 heterocycles. The maximum absolute atomic E-state index is 10.5. The molecule has 6 nitrogen and oxygen atoms in total. The third-order valence-electron chi connectivity index (χ3n) is 3.06. The van der Waals surface area contributed by atoms with Crippen molar-refractivity contribution in [3.8, 4) is 5.88 Å². The Morgan fingerprint density at radius 1 is 1.25 bits per heavy atom. The Morgan fingerprint density at radius 2 is 1.79 bits per heavy atom. The largest absolute Gasteiger partial charge is 1.00 e. The predicted molar refractivity (Wildman–Crippen MR) is 88.2 cm³/mol. The molecule has 0 fully saturated rings. The Morgan fingerprint density at radius 3 is 2.17 bits per heavy atom. The zero-order chi connectivity index (χ0) is 17.2. The maximum Gasteiger partial charge on any atom is 1.00 e. The molecular formula is C17H21LiN2O4. The number of ether oxygens (including phenoxy) is 1. The van der Waals surface area contributed by atoms with Crippen LogP contribution in [0.25, 0.3) is 0 Å². The molecule has 1 aromatic carbocycles. The van der Waals surface area contributed by atoms with Crippen LogP contribution in [0.2, 0.25) is 0 Å². The van der Waals surface area contributed by atoms with E-state index < -0.39 is 11.0 Å². The Bertz CT molecular complexity index is 601. The van der Waals surface area contributed by atoms with Gasteiger partial charge in [-0.25, -0.2) is 4.98 Å². The van der Waals surface area contributed by atoms with Gasteiger partial charge >= 0.3 is 18.9 Å². The number of nitrogens with zero attached hydrogens (tertiary/aromatic N) is 2. The van der Waals surface area contributed by atoms with E-state index in [1.54, 1.807) is 12.1 Å². The summed E-state index contributed by atoms with van der Waals surface area (Å²) < 4.78 is 4.93. The van der Waals surface area contributed by atoms with E-state index in [2.05, 4.69) is 18.8 Å². The van der Waals surface area contributed by atoms with Crippen LogP contribution in [0.4, 0.5) is 5.69 Å². The van der Waals surface area contributed by atoms with Crippen molar-refractivity contribution < 1.29 is 33.6 Å². The maximum atomic E-state index is 10.5. The van der Waals surface area contributed by atoms with Gasteiger partial charge in [-0.3, -0.25) is 10.1 Å². The van der Waals surface area contributed by atoms with Crippen LogP contribution in [-0.4, -0.2) is 22.1 Å². The number of pyridine rings is 1. The van der Waals surface area contributed by atoms with Crippen LogP contribution in [0, 0.1) is 17.0 Å². The van der Waals surface area contributed by atoms with Gasteiger partial charge in [0.2, 0.25) is 5.88 Å². The standard InChI is InChI=1S/C13H12N2O4.C4H9.Li/c1-19-12-7-4-10(8-14-12)13(16)9-2-5-11(6-3-9)15(17)18;1-3-4-2;/h2-8,13,16H,1H3;1,3-4H2,2H3;/q;-1;+1. The average molecular weight is 324 g/mol. The van der Waals surface area contributed by atoms with Crippen LogP contribution in [0.1, 0.15) is 37.0 Å². The molecule has 0 aliphatic heterocycles. The van der Waals surface area contributed by atoms with Crippen molar-refractivity contribution in [2.24, 2.45) is 0 Å². The van der Waals surface area contributed by atoms with Crippen molar-refractivity contribution in [2.75, 3.05) is 7.11 Å². The van der Waals surface area contributed by atoms with E-state index >= 15 is 0 Å². The molecule has 0 aliphatic rings. The molecule has 0 saturated heterocycles. The molecule has 0 amide bonds. The molecule has 7 heteroatoms. The van der Waals surface area contributed by atoms with Crippen molar-refractivity contribution in [1.82, 2.24) is 4.98 Å². The molecule has 0 spiro atoms. The minimum atomic E-state index is -0.876. The van der Waals surface area contributed by atoms with Crippen molar-refractivity contribution >= 4 is 5.69 Å². The summed E-state index contributed by atoms with van der Waals surface area (Å²) in [6, 6.07) is 9.09. The molecule has 0 saturated carbocycles. The van der Waals surface area contributed by atoms with E-state index in [1.807, 2.05) is 0 Å². The van der Waals surface area contributed by atoms with E-state index in [9.17, 15) is 15.2 Å². The SMILES string of the molecule is COc1ccc(C(O)c2ccc([N+](=O)[O-])cc2)cn1.[CH2-]CCC.[Li+]. The van der Waals surface area contributed by atoms with Crippen LogP contribution in [0.5, 0.6) is 5.88 Å². The van der Waals surface area contributed by atoms with Gasteiger partial charge in [-0.1, -0.05) is 13.3 Å². The first-order valence-electron chi connectivity index (χ1n) is 7.25. The summed E-state index contributed by atoms with van der Waals surface area (Å²) in [5.74, 6) is 0.458. The second-order valence-corrected chi connectivity index (χ2v) is 4.74. The fraction of sp³-hybridized carbons (Fsp3) is 0.294. The summed E-state index contributed by atoms with van der Waals surface area (Å²) >= 11 is 0. The van der Waals surface area contributed by atoms with Crippen LogP contribution < -0.4 is 23.6 Å². The number of non-ortho nitro benzene ring substituents is 1. The van der Waals surface area contributed by atoms with E-state index in [0.717, 1.165) is 6.42 Å². The summed E-state index contributed by atoms with van der Waals surface area (Å²) in [6.45, 7) is 5.72. The molecule has 24 heavy (non-hydrogen) atoms. The summed E-state index contributed by atoms with van der Waals surface area (Å²) in [4.78, 5) is 14.1. The zero-order valence-corrected chi connectivity index (χ0v) is 14.3. The molecule has 1 aromatic heterocycles. The minimum absolute atomic E-state index is 0. The second-order valence-electron chi connectivity index (χ2n) is 4.74. The normalized spacial score (nSPS) is 10.7. The molecule has 0 bridgehead atoms. The van der Waals surface area contributed by atoms with Gasteiger partial charge in [0.25, 0.3) is 5.69 Å². The number of aromatic nitrogens is 1. The molecule has 0 aliphatic carbocycles. The van der Waals surface area contributed by atoms with E-state index in [1.165, 1.54) is 44.0 Å². The number of aliphatic hydroxyl groups is 1. The van der Waals surface area contributed by atoms with Gasteiger partial charge in [-0.2, -0.15) is 6.42 Å². The first-order valence-corrected chi connectivity index (χ1v) is 7.25. The van der Waals surface area contributed by atoms with Gasteiger partial charge in [0.15, 0.2) is 0 Å². The van der Waals surface area contributed by atoms with Gasteiger partial charge in [0.05, 0.1) is 12.0 Å². The minimum Gasteiger partial charge on any atom is -0.481 e. The van der Waals surface area contributed by atoms with Gasteiger partial charge in [-0.15, -0.1) is 0 Å². The number of hydrogen-bond donors (Lipinski definition) is 1. The van der Waals surface area contributed by atoms with Crippen LogP contribution in [0.15, 0.2) is 42.6 Å². The third kappa shape index (κ3) is 6.71. The molecule has 124 valence electrons. The number of benzene rings is 1. The first-order chi connectivity index (χ1) is 11.0. The van der Waals surface area contributed by atoms with Crippen molar-refractivity contribution in [3.63, 3.8) is 0 Å². The Labute approximate surface area is 154 Å². The summed E-state index contributed by atoms with van der Waals surface area (Å²) in [5.41, 5.74) is 1.15. The van der Waals surface area contributed by atoms with E-state index in [4.69, 9.17) is 4.74 Å². The number of aliphatic hydroxyl groups excluding tert-OH is 1. The number of hydrogen-bond acceptors (Lipinski definition) is 5. The quantitative estimate of drug-likeness (QED) is 0.379. The Balaban J connectivity index is 0.000000954. The smallest absolute Gasteiger partial charge is 0.481 e. The number of rotatable bonds is 5. The first kappa shape index (κ1) is 22.1. The topological polar surface area (TPSA) is 85.5 Å². The summed E-state index contributed by atoms with van der Waals surface area (Å²) in [7, 11) is 1.51. The molecule has 0 radical (unpaired) electrons. The Hall–Kier alpha value is -1.87. The number of nitro groups is 1. The van der Waals surface area contributed by atoms with Crippen molar-refractivity contribution in [3.05, 3.63) is 70.8 Å². The summed E-state index contributed by atoms with van der Waals surface area (Å²) in [5, 5.41) is 20.7. The molecule has 1 N–H and O–H groups in total. The monoisotopic (exact) mass is 324 g/mol. The van der Waals surface area contributed by atoms with Gasteiger partial charge in [0.1, 0.15) is 6.10 Å². The van der Waals surface area contributed by atoms with E-state index in [0.29, 0.717) is 17.0 Å². The predicted octanol–water partition coefficient (Wildman–Crippen LogP) is 0.705. The van der Waals surface area contributed by atoms with Crippen molar-refractivity contribution in [2.45, 2.75) is 25.9 Å². The number of methoxy groups -OCH3 is 1. The fourth-order valence-electron chi connectivity index (χ4n) is 1.65. The third-order valence-corrected chi connectivity index (χ3v) is 3.06. The van der Waals surface area contributed by atoms with Gasteiger partial charge in [0, 0.05) is 30.0 Å². The van der Waals surface area contributed by atoms with Crippen LogP contribution in [0.3, 0.4) is 0 Å². The molecule has 2 rings (SSSR count). The molecular weight excluding hydrogens is 303 g/mol. The summed E-state index contributed by atoms with van der Waals surface area (Å²) in [6.07, 6.45) is 2.91. The molecule has 1 atom stereocenters. The van der Waals surface area contributed by atoms with Crippen molar-refractivity contribution in [1.29, 1.82) is 0 Å². The number of nitro benzene ring substituents is 1.